The minimum atomic E-state index is -2.41. The lowest BCUT2D eigenvalue weighted by molar-refractivity contribution is 0.176. The molecule has 3 nitrogen and oxygen atoms in total. The average molecular weight is 332 g/mol. The topological polar surface area (TPSA) is 45.8 Å². The number of hydrogen-bond donors (Lipinski definition) is 1. The number of aromatic amines is 1. The van der Waals surface area contributed by atoms with Gasteiger partial charge in [0.05, 0.1) is 11.1 Å². The first kappa shape index (κ1) is 16.4. The monoisotopic (exact) mass is 332 g/mol. The summed E-state index contributed by atoms with van der Waals surface area (Å²) in [6, 6.07) is 0. The van der Waals surface area contributed by atoms with E-state index in [9.17, 15) is 13.6 Å². The van der Waals surface area contributed by atoms with Crippen molar-refractivity contribution >= 4 is 33.3 Å². The number of fused-ring (bicyclic) bond motifs is 1. The number of aromatic nitrogens is 2. The Morgan fingerprint density at radius 3 is 2.76 bits per heavy atom. The van der Waals surface area contributed by atoms with Crippen LogP contribution in [0.25, 0.3) is 10.2 Å². The molecule has 0 aliphatic carbocycles. The molecule has 2 rings (SSSR count). The summed E-state index contributed by atoms with van der Waals surface area (Å²) in [5.74, 6) is 0.132. The molecule has 0 aliphatic rings. The standard InChI is InChI=1S/C14H18F2N2OS2/c1-4-7(2)5-9-8(3)21-13-11(9)12(19)17-14(18-13)20-6-10(15)16/h7,10H,4-6H2,1-3H3,(H,17,18,19). The predicted molar refractivity (Wildman–Crippen MR) is 84.9 cm³/mol. The molecule has 0 aliphatic heterocycles. The maximum Gasteiger partial charge on any atom is 0.260 e. The highest BCUT2D eigenvalue weighted by atomic mass is 32.2. The number of nitrogens with one attached hydrogen (secondary N) is 1. The van der Waals surface area contributed by atoms with Crippen molar-refractivity contribution in [2.45, 2.75) is 45.2 Å². The first-order valence-electron chi connectivity index (χ1n) is 6.85. The third-order valence-electron chi connectivity index (χ3n) is 3.44. The molecule has 2 aromatic rings. The third kappa shape index (κ3) is 3.83. The Kier molecular flexibility index (Phi) is 5.37. The van der Waals surface area contributed by atoms with Gasteiger partial charge in [-0.2, -0.15) is 0 Å². The number of H-pyrrole nitrogens is 1. The molecule has 2 aromatic heterocycles. The number of thioether (sulfide) groups is 1. The van der Waals surface area contributed by atoms with Crippen LogP contribution in [0.3, 0.4) is 0 Å². The Balaban J connectivity index is 2.41. The molecule has 2 heterocycles. The van der Waals surface area contributed by atoms with Crippen LogP contribution in [0.1, 0.15) is 30.7 Å². The van der Waals surface area contributed by atoms with Crippen LogP contribution < -0.4 is 5.56 Å². The zero-order valence-electron chi connectivity index (χ0n) is 12.2. The number of aryl methyl sites for hydroxylation is 1. The fourth-order valence-corrected chi connectivity index (χ4v) is 3.82. The second kappa shape index (κ2) is 6.87. The molecule has 7 heteroatoms. The third-order valence-corrected chi connectivity index (χ3v) is 5.36. The van der Waals surface area contributed by atoms with Gasteiger partial charge in [-0.1, -0.05) is 32.0 Å². The molecule has 1 N–H and O–H groups in total. The van der Waals surface area contributed by atoms with Gasteiger partial charge in [-0.3, -0.25) is 4.79 Å². The zero-order valence-corrected chi connectivity index (χ0v) is 13.8. The van der Waals surface area contributed by atoms with E-state index >= 15 is 0 Å². The van der Waals surface area contributed by atoms with Gasteiger partial charge in [0.1, 0.15) is 4.83 Å². The fraction of sp³-hybridized carbons (Fsp3) is 0.571. The molecule has 0 aromatic carbocycles. The van der Waals surface area contributed by atoms with E-state index in [0.717, 1.165) is 35.0 Å². The van der Waals surface area contributed by atoms with Crippen LogP contribution in [0.15, 0.2) is 9.95 Å². The summed E-state index contributed by atoms with van der Waals surface area (Å²) in [7, 11) is 0. The maximum atomic E-state index is 12.3. The summed E-state index contributed by atoms with van der Waals surface area (Å²) in [5.41, 5.74) is 0.822. The molecule has 0 saturated carbocycles. The van der Waals surface area contributed by atoms with E-state index in [0.29, 0.717) is 16.1 Å². The largest absolute Gasteiger partial charge is 0.301 e. The summed E-state index contributed by atoms with van der Waals surface area (Å²) in [4.78, 5) is 20.9. The SMILES string of the molecule is CCC(C)Cc1c(C)sc2nc(SCC(F)F)[nH]c(=O)c12. The van der Waals surface area contributed by atoms with Gasteiger partial charge in [0.15, 0.2) is 5.16 Å². The van der Waals surface area contributed by atoms with Crippen molar-refractivity contribution in [1.82, 2.24) is 9.97 Å². The maximum absolute atomic E-state index is 12.3. The van der Waals surface area contributed by atoms with Crippen LogP contribution in [0.5, 0.6) is 0 Å². The summed E-state index contributed by atoms with van der Waals surface area (Å²) in [6.45, 7) is 6.25. The molecule has 0 saturated heterocycles. The smallest absolute Gasteiger partial charge is 0.260 e. The molecule has 0 spiro atoms. The summed E-state index contributed by atoms with van der Waals surface area (Å²) < 4.78 is 24.5. The number of nitrogens with zero attached hydrogens (tertiary/aromatic N) is 1. The van der Waals surface area contributed by atoms with Gasteiger partial charge in [-0.05, 0) is 24.8 Å². The van der Waals surface area contributed by atoms with E-state index in [1.807, 2.05) is 6.92 Å². The predicted octanol–water partition coefficient (Wildman–Crippen LogP) is 4.24. The lowest BCUT2D eigenvalue weighted by Crippen LogP contribution is -2.11. The summed E-state index contributed by atoms with van der Waals surface area (Å²) >= 11 is 2.34. The minimum absolute atomic E-state index is 0.223. The van der Waals surface area contributed by atoms with Crippen LogP contribution in [-0.4, -0.2) is 22.1 Å². The van der Waals surface area contributed by atoms with Crippen molar-refractivity contribution in [3.8, 4) is 0 Å². The van der Waals surface area contributed by atoms with Crippen molar-refractivity contribution in [2.75, 3.05) is 5.75 Å². The Morgan fingerprint density at radius 1 is 1.43 bits per heavy atom. The van der Waals surface area contributed by atoms with E-state index in [-0.39, 0.29) is 16.5 Å². The quantitative estimate of drug-likeness (QED) is 0.636. The molecule has 0 fully saturated rings. The van der Waals surface area contributed by atoms with E-state index in [1.165, 1.54) is 11.3 Å². The van der Waals surface area contributed by atoms with Gasteiger partial charge < -0.3 is 4.98 Å². The second-order valence-electron chi connectivity index (χ2n) is 5.11. The lowest BCUT2D eigenvalue weighted by Gasteiger charge is -2.08. The van der Waals surface area contributed by atoms with Crippen LogP contribution in [0, 0.1) is 12.8 Å². The van der Waals surface area contributed by atoms with Gasteiger partial charge >= 0.3 is 0 Å². The molecule has 1 atom stereocenters. The number of alkyl halides is 2. The van der Waals surface area contributed by atoms with Crippen LogP contribution in [-0.2, 0) is 6.42 Å². The van der Waals surface area contributed by atoms with E-state index in [4.69, 9.17) is 0 Å². The molecule has 0 radical (unpaired) electrons. The van der Waals surface area contributed by atoms with Crippen LogP contribution in [0.2, 0.25) is 0 Å². The molecular weight excluding hydrogens is 314 g/mol. The first-order valence-corrected chi connectivity index (χ1v) is 8.65. The molecule has 21 heavy (non-hydrogen) atoms. The Hall–Kier alpha value is -0.950. The number of thiophene rings is 1. The van der Waals surface area contributed by atoms with Gasteiger partial charge in [-0.25, -0.2) is 13.8 Å². The molecule has 0 bridgehead atoms. The van der Waals surface area contributed by atoms with Crippen molar-refractivity contribution in [3.05, 3.63) is 20.8 Å². The zero-order chi connectivity index (χ0) is 15.6. The van der Waals surface area contributed by atoms with E-state index in [1.54, 1.807) is 0 Å². The van der Waals surface area contributed by atoms with Crippen molar-refractivity contribution in [2.24, 2.45) is 5.92 Å². The molecular formula is C14H18F2N2OS2. The molecule has 1 unspecified atom stereocenters. The highest BCUT2D eigenvalue weighted by Crippen LogP contribution is 2.30. The molecule has 116 valence electrons. The molecule has 0 amide bonds. The fourth-order valence-electron chi connectivity index (χ4n) is 2.10. The lowest BCUT2D eigenvalue weighted by atomic mass is 9.98. The van der Waals surface area contributed by atoms with E-state index in [2.05, 4.69) is 23.8 Å². The number of rotatable bonds is 6. The van der Waals surface area contributed by atoms with Gasteiger partial charge in [-0.15, -0.1) is 11.3 Å². The van der Waals surface area contributed by atoms with Crippen molar-refractivity contribution in [3.63, 3.8) is 0 Å². The van der Waals surface area contributed by atoms with Crippen molar-refractivity contribution < 1.29 is 8.78 Å². The van der Waals surface area contributed by atoms with Gasteiger partial charge in [0.2, 0.25) is 6.43 Å². The first-order chi connectivity index (χ1) is 9.92. The summed E-state index contributed by atoms with van der Waals surface area (Å²) in [6.07, 6.45) is -0.525. The normalized spacial score (nSPS) is 13.2. The summed E-state index contributed by atoms with van der Waals surface area (Å²) in [5, 5.41) is 0.892. The van der Waals surface area contributed by atoms with Gasteiger partial charge in [0, 0.05) is 4.88 Å². The Bertz CT molecular complexity index is 681. The van der Waals surface area contributed by atoms with Crippen LogP contribution >= 0.6 is 23.1 Å². The number of hydrogen-bond acceptors (Lipinski definition) is 4. The second-order valence-corrected chi connectivity index (χ2v) is 7.32. The average Bonchev–Trinajstić information content (AvgIpc) is 2.73. The number of halogens is 2. The Labute approximate surface area is 130 Å². The van der Waals surface area contributed by atoms with E-state index < -0.39 is 6.43 Å². The van der Waals surface area contributed by atoms with Crippen molar-refractivity contribution in [1.29, 1.82) is 0 Å². The highest BCUT2D eigenvalue weighted by molar-refractivity contribution is 7.99. The Morgan fingerprint density at radius 2 is 2.14 bits per heavy atom. The highest BCUT2D eigenvalue weighted by Gasteiger charge is 2.17. The van der Waals surface area contributed by atoms with Gasteiger partial charge in [0.25, 0.3) is 5.56 Å². The van der Waals surface area contributed by atoms with Crippen LogP contribution in [0.4, 0.5) is 8.78 Å². The minimum Gasteiger partial charge on any atom is -0.301 e.